The molecule has 0 unspecified atom stereocenters. The standard InChI is InChI=1S/C22H18F2N8O/c1-31-18(4-7-26-31)28-22-25-6-3-17(27-22)14-5-8-32-19(29-30-20(32)12-14)11-13-9-15(23)21(33-2)16(24)10-13/h3-10,12H,11H2,1-2H3,(H,25,27,28). The monoisotopic (exact) mass is 448 g/mol. The van der Waals surface area contributed by atoms with Gasteiger partial charge in [-0.15, -0.1) is 10.2 Å². The lowest BCUT2D eigenvalue weighted by atomic mass is 10.1. The summed E-state index contributed by atoms with van der Waals surface area (Å²) < 4.78 is 36.3. The average Bonchev–Trinajstić information content (AvgIpc) is 3.39. The molecule has 166 valence electrons. The summed E-state index contributed by atoms with van der Waals surface area (Å²) >= 11 is 0. The van der Waals surface area contributed by atoms with E-state index in [-0.39, 0.29) is 6.42 Å². The third-order valence-corrected chi connectivity index (χ3v) is 5.12. The number of hydrogen-bond acceptors (Lipinski definition) is 7. The van der Waals surface area contributed by atoms with Crippen LogP contribution in [0.25, 0.3) is 16.9 Å². The van der Waals surface area contributed by atoms with Crippen LogP contribution in [-0.4, -0.2) is 41.5 Å². The predicted octanol–water partition coefficient (Wildman–Crippen LogP) is 3.54. The number of methoxy groups -OCH3 is 1. The molecule has 9 nitrogen and oxygen atoms in total. The highest BCUT2D eigenvalue weighted by molar-refractivity contribution is 5.65. The van der Waals surface area contributed by atoms with Crippen LogP contribution in [0.4, 0.5) is 20.5 Å². The van der Waals surface area contributed by atoms with Crippen molar-refractivity contribution in [2.45, 2.75) is 6.42 Å². The van der Waals surface area contributed by atoms with Gasteiger partial charge in [-0.1, -0.05) is 0 Å². The normalized spacial score (nSPS) is 11.2. The third kappa shape index (κ3) is 3.95. The summed E-state index contributed by atoms with van der Waals surface area (Å²) in [7, 11) is 3.04. The molecular weight excluding hydrogens is 430 g/mol. The van der Waals surface area contributed by atoms with Crippen molar-refractivity contribution in [2.24, 2.45) is 7.05 Å². The number of pyridine rings is 1. The van der Waals surface area contributed by atoms with Gasteiger partial charge in [0.25, 0.3) is 0 Å². The first-order valence-electron chi connectivity index (χ1n) is 9.96. The molecule has 0 aliphatic heterocycles. The maximum atomic E-state index is 14.0. The van der Waals surface area contributed by atoms with E-state index in [4.69, 9.17) is 4.74 Å². The van der Waals surface area contributed by atoms with Crippen molar-refractivity contribution in [3.63, 3.8) is 0 Å². The first-order chi connectivity index (χ1) is 16.0. The molecule has 0 spiro atoms. The molecular formula is C22H18F2N8O. The van der Waals surface area contributed by atoms with Gasteiger partial charge in [0.1, 0.15) is 11.6 Å². The molecule has 5 rings (SSSR count). The summed E-state index contributed by atoms with van der Waals surface area (Å²) in [5.74, 6) is -0.193. The highest BCUT2D eigenvalue weighted by Crippen LogP contribution is 2.25. The van der Waals surface area contributed by atoms with Gasteiger partial charge in [-0.25, -0.2) is 18.7 Å². The van der Waals surface area contributed by atoms with Gasteiger partial charge in [-0.05, 0) is 35.9 Å². The van der Waals surface area contributed by atoms with E-state index in [2.05, 4.69) is 30.6 Å². The fourth-order valence-electron chi connectivity index (χ4n) is 3.50. The van der Waals surface area contributed by atoms with Crippen molar-refractivity contribution in [1.82, 2.24) is 34.3 Å². The van der Waals surface area contributed by atoms with E-state index in [9.17, 15) is 8.78 Å². The van der Waals surface area contributed by atoms with E-state index in [1.165, 1.54) is 19.2 Å². The van der Waals surface area contributed by atoms with Crippen LogP contribution < -0.4 is 10.1 Å². The number of rotatable bonds is 6. The number of ether oxygens (including phenoxy) is 1. The number of nitrogens with zero attached hydrogens (tertiary/aromatic N) is 7. The Morgan fingerprint density at radius 1 is 1.03 bits per heavy atom. The van der Waals surface area contributed by atoms with E-state index in [0.717, 1.165) is 11.4 Å². The van der Waals surface area contributed by atoms with Crippen LogP contribution in [0.2, 0.25) is 0 Å². The number of aryl methyl sites for hydroxylation is 1. The van der Waals surface area contributed by atoms with Crippen LogP contribution in [0.1, 0.15) is 11.4 Å². The predicted molar refractivity (Wildman–Crippen MR) is 116 cm³/mol. The quantitative estimate of drug-likeness (QED) is 0.425. The van der Waals surface area contributed by atoms with Gasteiger partial charge in [0, 0.05) is 37.5 Å². The lowest BCUT2D eigenvalue weighted by Gasteiger charge is -2.08. The minimum Gasteiger partial charge on any atom is -0.491 e. The Bertz CT molecular complexity index is 1440. The number of aromatic nitrogens is 7. The van der Waals surface area contributed by atoms with Crippen LogP contribution >= 0.6 is 0 Å². The second-order valence-electron chi connectivity index (χ2n) is 7.26. The summed E-state index contributed by atoms with van der Waals surface area (Å²) in [5, 5.41) is 15.6. The molecule has 0 radical (unpaired) electrons. The maximum Gasteiger partial charge on any atom is 0.228 e. The SMILES string of the molecule is COc1c(F)cc(Cc2nnc3cc(-c4ccnc(Nc5ccnn5C)n4)ccn23)cc1F. The van der Waals surface area contributed by atoms with Crippen molar-refractivity contribution in [2.75, 3.05) is 12.4 Å². The molecule has 0 amide bonds. The molecule has 0 saturated carbocycles. The fraction of sp³-hybridized carbons (Fsp3) is 0.136. The average molecular weight is 448 g/mol. The number of anilines is 2. The first kappa shape index (κ1) is 20.5. The highest BCUT2D eigenvalue weighted by atomic mass is 19.1. The van der Waals surface area contributed by atoms with Crippen LogP contribution in [-0.2, 0) is 13.5 Å². The summed E-state index contributed by atoms with van der Waals surface area (Å²) in [4.78, 5) is 8.81. The summed E-state index contributed by atoms with van der Waals surface area (Å²) in [6.07, 6.45) is 5.34. The summed E-state index contributed by atoms with van der Waals surface area (Å²) in [5.41, 5.74) is 2.52. The second kappa shape index (κ2) is 8.26. The van der Waals surface area contributed by atoms with Crippen LogP contribution in [0.15, 0.2) is 55.0 Å². The van der Waals surface area contributed by atoms with E-state index in [1.54, 1.807) is 33.7 Å². The van der Waals surface area contributed by atoms with Crippen molar-refractivity contribution in [3.05, 3.63) is 78.0 Å². The Labute approximate surface area is 186 Å². The Morgan fingerprint density at radius 2 is 1.85 bits per heavy atom. The molecule has 0 aliphatic rings. The Hall–Kier alpha value is -4.41. The Balaban J connectivity index is 1.42. The highest BCUT2D eigenvalue weighted by Gasteiger charge is 2.14. The number of benzene rings is 1. The molecule has 0 aliphatic carbocycles. The first-order valence-corrected chi connectivity index (χ1v) is 9.96. The largest absolute Gasteiger partial charge is 0.491 e. The van der Waals surface area contributed by atoms with E-state index in [0.29, 0.717) is 28.7 Å². The molecule has 33 heavy (non-hydrogen) atoms. The van der Waals surface area contributed by atoms with Gasteiger partial charge < -0.3 is 10.1 Å². The summed E-state index contributed by atoms with van der Waals surface area (Å²) in [6.45, 7) is 0. The molecule has 0 bridgehead atoms. The molecule has 11 heteroatoms. The summed E-state index contributed by atoms with van der Waals surface area (Å²) in [6, 6.07) is 9.78. The molecule has 1 N–H and O–H groups in total. The molecule has 0 fully saturated rings. The van der Waals surface area contributed by atoms with Crippen LogP contribution in [0, 0.1) is 11.6 Å². The minimum absolute atomic E-state index is 0.199. The van der Waals surface area contributed by atoms with Gasteiger partial charge in [-0.2, -0.15) is 5.10 Å². The minimum atomic E-state index is -0.761. The maximum absolute atomic E-state index is 14.0. The molecule has 4 heterocycles. The van der Waals surface area contributed by atoms with Gasteiger partial charge in [0.15, 0.2) is 23.0 Å². The zero-order valence-electron chi connectivity index (χ0n) is 17.7. The number of nitrogens with one attached hydrogen (secondary N) is 1. The number of halogens is 2. The lowest BCUT2D eigenvalue weighted by molar-refractivity contribution is 0.359. The van der Waals surface area contributed by atoms with Crippen LogP contribution in [0.3, 0.4) is 0 Å². The van der Waals surface area contributed by atoms with Gasteiger partial charge in [0.05, 0.1) is 19.0 Å². The van der Waals surface area contributed by atoms with Gasteiger partial charge in [0.2, 0.25) is 5.95 Å². The van der Waals surface area contributed by atoms with Crippen LogP contribution in [0.5, 0.6) is 5.75 Å². The zero-order chi connectivity index (χ0) is 22.9. The van der Waals surface area contributed by atoms with Crippen molar-refractivity contribution >= 4 is 17.4 Å². The van der Waals surface area contributed by atoms with E-state index >= 15 is 0 Å². The number of hydrogen-bond donors (Lipinski definition) is 1. The molecule has 4 aromatic heterocycles. The van der Waals surface area contributed by atoms with Crippen molar-refractivity contribution in [1.29, 1.82) is 0 Å². The lowest BCUT2D eigenvalue weighted by Crippen LogP contribution is -2.03. The van der Waals surface area contributed by atoms with E-state index in [1.807, 2.05) is 25.2 Å². The zero-order valence-corrected chi connectivity index (χ0v) is 17.7. The fourth-order valence-corrected chi connectivity index (χ4v) is 3.50. The Kier molecular flexibility index (Phi) is 5.13. The topological polar surface area (TPSA) is 95.0 Å². The molecule has 1 aromatic carbocycles. The van der Waals surface area contributed by atoms with E-state index < -0.39 is 17.4 Å². The number of fused-ring (bicyclic) bond motifs is 1. The molecule has 0 saturated heterocycles. The second-order valence-corrected chi connectivity index (χ2v) is 7.26. The van der Waals surface area contributed by atoms with Crippen molar-refractivity contribution in [3.8, 4) is 17.0 Å². The van der Waals surface area contributed by atoms with Gasteiger partial charge >= 0.3 is 0 Å². The third-order valence-electron chi connectivity index (χ3n) is 5.12. The van der Waals surface area contributed by atoms with Crippen molar-refractivity contribution < 1.29 is 13.5 Å². The molecule has 0 atom stereocenters. The Morgan fingerprint density at radius 3 is 2.58 bits per heavy atom. The molecule has 5 aromatic rings. The smallest absolute Gasteiger partial charge is 0.228 e. The van der Waals surface area contributed by atoms with Gasteiger partial charge in [-0.3, -0.25) is 9.08 Å².